The molecule has 5 heteroatoms. The van der Waals surface area contributed by atoms with Crippen LogP contribution in [0.4, 0.5) is 13.2 Å². The van der Waals surface area contributed by atoms with E-state index < -0.39 is 11.7 Å². The molecule has 1 aromatic carbocycles. The van der Waals surface area contributed by atoms with Gasteiger partial charge in [-0.05, 0) is 24.6 Å². The third-order valence-electron chi connectivity index (χ3n) is 2.10. The zero-order chi connectivity index (χ0) is 13.6. The molecule has 0 saturated carbocycles. The van der Waals surface area contributed by atoms with Crippen LogP contribution in [0.25, 0.3) is 0 Å². The topological polar surface area (TPSA) is 17.1 Å². The van der Waals surface area contributed by atoms with Gasteiger partial charge in [0.25, 0.3) is 0 Å². The average Bonchev–Trinajstić information content (AvgIpc) is 2.33. The highest BCUT2D eigenvalue weighted by Crippen LogP contribution is 2.36. The van der Waals surface area contributed by atoms with Gasteiger partial charge >= 0.3 is 6.18 Å². The number of alkyl halides is 3. The maximum absolute atomic E-state index is 12.7. The summed E-state index contributed by atoms with van der Waals surface area (Å²) >= 11 is 0.912. The maximum Gasteiger partial charge on any atom is 0.417 e. The number of benzene rings is 1. The number of carbonyl (C=O) groups excluding carboxylic acids is 1. The van der Waals surface area contributed by atoms with Crippen LogP contribution in [-0.4, -0.2) is 11.5 Å². The molecule has 18 heavy (non-hydrogen) atoms. The quantitative estimate of drug-likeness (QED) is 0.587. The Labute approximate surface area is 108 Å². The summed E-state index contributed by atoms with van der Waals surface area (Å²) in [4.78, 5) is 11.4. The first kappa shape index (κ1) is 14.8. The van der Waals surface area contributed by atoms with E-state index in [4.69, 9.17) is 0 Å². The van der Waals surface area contributed by atoms with Gasteiger partial charge in [0.2, 0.25) is 0 Å². The van der Waals surface area contributed by atoms with Crippen molar-refractivity contribution < 1.29 is 18.0 Å². The Morgan fingerprint density at radius 2 is 2.00 bits per heavy atom. The summed E-state index contributed by atoms with van der Waals surface area (Å²) in [6, 6.07) is 5.27. The van der Waals surface area contributed by atoms with Crippen molar-refractivity contribution in [1.29, 1.82) is 0 Å². The lowest BCUT2D eigenvalue weighted by Gasteiger charge is -2.11. The first-order valence-electron chi connectivity index (χ1n) is 5.43. The Balaban J connectivity index is 2.74. The number of halogens is 3. The van der Waals surface area contributed by atoms with Crippen molar-refractivity contribution in [2.45, 2.75) is 24.4 Å². The molecule has 0 aliphatic carbocycles. The van der Waals surface area contributed by atoms with Gasteiger partial charge in [-0.25, -0.2) is 0 Å². The third-order valence-corrected chi connectivity index (χ3v) is 3.20. The largest absolute Gasteiger partial charge is 0.417 e. The fraction of sp³-hybridized carbons (Fsp3) is 0.308. The molecule has 0 heterocycles. The van der Waals surface area contributed by atoms with Crippen molar-refractivity contribution >= 4 is 17.5 Å². The Morgan fingerprint density at radius 3 is 2.61 bits per heavy atom. The highest BCUT2D eigenvalue weighted by molar-refractivity contribution is 8.00. The molecule has 0 atom stereocenters. The number of hydrogen-bond acceptors (Lipinski definition) is 2. The van der Waals surface area contributed by atoms with Gasteiger partial charge < -0.3 is 0 Å². The molecule has 0 unspecified atom stereocenters. The first-order chi connectivity index (χ1) is 8.45. The van der Waals surface area contributed by atoms with Crippen LogP contribution >= 0.6 is 11.8 Å². The zero-order valence-electron chi connectivity index (χ0n) is 9.83. The number of rotatable bonds is 5. The standard InChI is InChI=1S/C13H13F3OS/c1-2-3-6-10(17)9-18-12-8-5-4-7-11(12)13(14,15)16/h3-8H,2,9H2,1H3/b6-3+. The normalized spacial score (nSPS) is 12.0. The van der Waals surface area contributed by atoms with Gasteiger partial charge in [-0.2, -0.15) is 13.2 Å². The van der Waals surface area contributed by atoms with Crippen molar-refractivity contribution in [3.63, 3.8) is 0 Å². The van der Waals surface area contributed by atoms with E-state index in [-0.39, 0.29) is 16.4 Å². The SMILES string of the molecule is CC/C=C/C(=O)CSc1ccccc1C(F)(F)F. The fourth-order valence-electron chi connectivity index (χ4n) is 1.27. The van der Waals surface area contributed by atoms with Gasteiger partial charge in [-0.1, -0.05) is 25.1 Å². The highest BCUT2D eigenvalue weighted by atomic mass is 32.2. The van der Waals surface area contributed by atoms with Crippen molar-refractivity contribution in [2.24, 2.45) is 0 Å². The summed E-state index contributed by atoms with van der Waals surface area (Å²) in [5, 5.41) is 0. The van der Waals surface area contributed by atoms with Gasteiger partial charge in [0.1, 0.15) is 0 Å². The average molecular weight is 274 g/mol. The lowest BCUT2D eigenvalue weighted by molar-refractivity contribution is -0.139. The molecule has 0 fully saturated rings. The third kappa shape index (κ3) is 4.56. The number of allylic oxidation sites excluding steroid dienone is 2. The molecule has 0 saturated heterocycles. The molecule has 0 spiro atoms. The van der Waals surface area contributed by atoms with E-state index >= 15 is 0 Å². The molecule has 98 valence electrons. The van der Waals surface area contributed by atoms with Crippen LogP contribution in [0.1, 0.15) is 18.9 Å². The van der Waals surface area contributed by atoms with Crippen LogP contribution in [0.5, 0.6) is 0 Å². The van der Waals surface area contributed by atoms with Gasteiger partial charge in [-0.15, -0.1) is 11.8 Å². The van der Waals surface area contributed by atoms with Crippen molar-refractivity contribution in [1.82, 2.24) is 0 Å². The van der Waals surface area contributed by atoms with Gasteiger partial charge in [0.05, 0.1) is 11.3 Å². The number of thioether (sulfide) groups is 1. The van der Waals surface area contributed by atoms with Crippen molar-refractivity contribution in [3.8, 4) is 0 Å². The van der Waals surface area contributed by atoms with E-state index in [2.05, 4.69) is 0 Å². The minimum atomic E-state index is -4.38. The predicted molar refractivity (Wildman–Crippen MR) is 66.6 cm³/mol. The number of ketones is 1. The van der Waals surface area contributed by atoms with Crippen LogP contribution in [0.2, 0.25) is 0 Å². The molecule has 0 aliphatic rings. The lowest BCUT2D eigenvalue weighted by Crippen LogP contribution is -2.07. The monoisotopic (exact) mass is 274 g/mol. The smallest absolute Gasteiger partial charge is 0.294 e. The van der Waals surface area contributed by atoms with Gasteiger partial charge in [0.15, 0.2) is 5.78 Å². The summed E-state index contributed by atoms with van der Waals surface area (Å²) in [7, 11) is 0. The van der Waals surface area contributed by atoms with Crippen LogP contribution < -0.4 is 0 Å². The van der Waals surface area contributed by atoms with Crippen LogP contribution in [0, 0.1) is 0 Å². The molecular weight excluding hydrogens is 261 g/mol. The second-order valence-corrected chi connectivity index (χ2v) is 4.58. The number of carbonyl (C=O) groups is 1. The molecular formula is C13H13F3OS. The number of hydrogen-bond donors (Lipinski definition) is 0. The molecule has 0 N–H and O–H groups in total. The van der Waals surface area contributed by atoms with Crippen molar-refractivity contribution in [3.05, 3.63) is 42.0 Å². The Bertz CT molecular complexity index is 438. The maximum atomic E-state index is 12.7. The lowest BCUT2D eigenvalue weighted by atomic mass is 10.2. The van der Waals surface area contributed by atoms with Crippen LogP contribution in [-0.2, 0) is 11.0 Å². The summed E-state index contributed by atoms with van der Waals surface area (Å²) in [6.07, 6.45) is -0.552. The van der Waals surface area contributed by atoms with Crippen LogP contribution in [0.3, 0.4) is 0 Å². The minimum absolute atomic E-state index is 0.0175. The molecule has 0 aromatic heterocycles. The van der Waals surface area contributed by atoms with E-state index in [1.807, 2.05) is 6.92 Å². The first-order valence-corrected chi connectivity index (χ1v) is 6.42. The Morgan fingerprint density at radius 1 is 1.33 bits per heavy atom. The van der Waals surface area contributed by atoms with Gasteiger partial charge in [-0.3, -0.25) is 4.79 Å². The summed E-state index contributed by atoms with van der Waals surface area (Å²) in [6.45, 7) is 1.88. The molecule has 0 aliphatic heterocycles. The Hall–Kier alpha value is -1.23. The fourth-order valence-corrected chi connectivity index (χ4v) is 2.18. The molecule has 1 rings (SSSR count). The molecule has 0 amide bonds. The Kier molecular flexibility index (Phi) is 5.47. The van der Waals surface area contributed by atoms with Gasteiger partial charge in [0, 0.05) is 4.90 Å². The molecule has 1 aromatic rings. The van der Waals surface area contributed by atoms with Crippen molar-refractivity contribution in [2.75, 3.05) is 5.75 Å². The molecule has 0 bridgehead atoms. The van der Waals surface area contributed by atoms with E-state index in [1.165, 1.54) is 24.3 Å². The molecule has 0 radical (unpaired) electrons. The minimum Gasteiger partial charge on any atom is -0.294 e. The van der Waals surface area contributed by atoms with E-state index in [0.29, 0.717) is 0 Å². The van der Waals surface area contributed by atoms with Crippen LogP contribution in [0.15, 0.2) is 41.3 Å². The van der Waals surface area contributed by atoms with E-state index in [1.54, 1.807) is 6.08 Å². The highest BCUT2D eigenvalue weighted by Gasteiger charge is 2.33. The molecule has 1 nitrogen and oxygen atoms in total. The van der Waals surface area contributed by atoms with E-state index in [9.17, 15) is 18.0 Å². The zero-order valence-corrected chi connectivity index (χ0v) is 10.6. The second kappa shape index (κ2) is 6.64. The summed E-state index contributed by atoms with van der Waals surface area (Å²) in [5.74, 6) is -0.164. The summed E-state index contributed by atoms with van der Waals surface area (Å²) in [5.41, 5.74) is -0.692. The predicted octanol–water partition coefficient (Wildman–Crippen LogP) is 4.33. The second-order valence-electron chi connectivity index (χ2n) is 3.56. The van der Waals surface area contributed by atoms with E-state index in [0.717, 1.165) is 24.2 Å². The summed E-state index contributed by atoms with van der Waals surface area (Å²) < 4.78 is 38.0.